The standard InChI is InChI=1S/C15H26N2O3/c18-14(19)7-6-13-8-9-17(11-13)15(20)16-10-12-4-2-1-3-5-12/h12-13H,1-11H2,(H,16,20)(H,18,19). The number of aliphatic carboxylic acids is 1. The summed E-state index contributed by atoms with van der Waals surface area (Å²) < 4.78 is 0. The molecule has 0 spiro atoms. The van der Waals surface area contributed by atoms with Crippen molar-refractivity contribution in [1.82, 2.24) is 10.2 Å². The first-order valence-corrected chi connectivity index (χ1v) is 7.89. The van der Waals surface area contributed by atoms with Gasteiger partial charge in [0, 0.05) is 26.1 Å². The lowest BCUT2D eigenvalue weighted by atomic mass is 9.89. The van der Waals surface area contributed by atoms with Crippen molar-refractivity contribution in [2.75, 3.05) is 19.6 Å². The number of amides is 2. The fourth-order valence-electron chi connectivity index (χ4n) is 3.32. The van der Waals surface area contributed by atoms with Crippen LogP contribution in [0.2, 0.25) is 0 Å². The maximum absolute atomic E-state index is 12.1. The lowest BCUT2D eigenvalue weighted by Gasteiger charge is -2.24. The number of carboxylic acids is 1. The van der Waals surface area contributed by atoms with E-state index in [0.29, 0.717) is 24.8 Å². The van der Waals surface area contributed by atoms with Crippen molar-refractivity contribution in [3.63, 3.8) is 0 Å². The van der Waals surface area contributed by atoms with Crippen LogP contribution in [-0.4, -0.2) is 41.6 Å². The number of carbonyl (C=O) groups is 2. The van der Waals surface area contributed by atoms with Crippen LogP contribution < -0.4 is 5.32 Å². The Kier molecular flexibility index (Phi) is 5.68. The van der Waals surface area contributed by atoms with E-state index in [1.807, 2.05) is 4.90 Å². The minimum Gasteiger partial charge on any atom is -0.481 e. The molecule has 2 fully saturated rings. The first-order valence-electron chi connectivity index (χ1n) is 7.89. The van der Waals surface area contributed by atoms with Crippen LogP contribution in [0, 0.1) is 11.8 Å². The number of carbonyl (C=O) groups excluding carboxylic acids is 1. The molecular weight excluding hydrogens is 256 g/mol. The zero-order valence-electron chi connectivity index (χ0n) is 12.1. The van der Waals surface area contributed by atoms with E-state index in [-0.39, 0.29) is 12.5 Å². The number of urea groups is 1. The molecule has 2 N–H and O–H groups in total. The van der Waals surface area contributed by atoms with Gasteiger partial charge in [0.2, 0.25) is 0 Å². The van der Waals surface area contributed by atoms with Gasteiger partial charge in [-0.25, -0.2) is 4.79 Å². The van der Waals surface area contributed by atoms with E-state index in [0.717, 1.165) is 19.5 Å². The fourth-order valence-corrected chi connectivity index (χ4v) is 3.32. The van der Waals surface area contributed by atoms with Gasteiger partial charge in [-0.15, -0.1) is 0 Å². The molecule has 1 heterocycles. The highest BCUT2D eigenvalue weighted by Gasteiger charge is 2.26. The molecule has 2 amide bonds. The fraction of sp³-hybridized carbons (Fsp3) is 0.867. The smallest absolute Gasteiger partial charge is 0.317 e. The van der Waals surface area contributed by atoms with E-state index in [4.69, 9.17) is 5.11 Å². The number of nitrogens with one attached hydrogen (secondary N) is 1. The van der Waals surface area contributed by atoms with E-state index in [1.54, 1.807) is 0 Å². The van der Waals surface area contributed by atoms with E-state index < -0.39 is 5.97 Å². The number of rotatable bonds is 5. The molecule has 5 nitrogen and oxygen atoms in total. The predicted octanol–water partition coefficient (Wildman–Crippen LogP) is 2.46. The number of nitrogens with zero attached hydrogens (tertiary/aromatic N) is 1. The summed E-state index contributed by atoms with van der Waals surface area (Å²) in [6.45, 7) is 2.28. The number of carboxylic acid groups (broad SMARTS) is 1. The molecular formula is C15H26N2O3. The maximum Gasteiger partial charge on any atom is 0.317 e. The zero-order chi connectivity index (χ0) is 14.4. The van der Waals surface area contributed by atoms with Crippen LogP contribution in [-0.2, 0) is 4.79 Å². The molecule has 0 aromatic rings. The second-order valence-corrected chi connectivity index (χ2v) is 6.22. The van der Waals surface area contributed by atoms with Gasteiger partial charge in [0.25, 0.3) is 0 Å². The number of hydrogen-bond donors (Lipinski definition) is 2. The van der Waals surface area contributed by atoms with E-state index in [9.17, 15) is 9.59 Å². The van der Waals surface area contributed by atoms with Gasteiger partial charge in [0.05, 0.1) is 0 Å². The van der Waals surface area contributed by atoms with Crippen molar-refractivity contribution in [3.05, 3.63) is 0 Å². The highest BCUT2D eigenvalue weighted by atomic mass is 16.4. The second kappa shape index (κ2) is 7.50. The Labute approximate surface area is 120 Å². The molecule has 1 saturated carbocycles. The Bertz CT molecular complexity index is 340. The highest BCUT2D eigenvalue weighted by molar-refractivity contribution is 5.74. The van der Waals surface area contributed by atoms with Crippen LogP contribution in [0.4, 0.5) is 4.79 Å². The van der Waals surface area contributed by atoms with Crippen LogP contribution in [0.15, 0.2) is 0 Å². The molecule has 1 aliphatic heterocycles. The van der Waals surface area contributed by atoms with E-state index in [1.165, 1.54) is 32.1 Å². The number of hydrogen-bond acceptors (Lipinski definition) is 2. The quantitative estimate of drug-likeness (QED) is 0.814. The van der Waals surface area contributed by atoms with Crippen LogP contribution in [0.3, 0.4) is 0 Å². The Morgan fingerprint density at radius 1 is 1.10 bits per heavy atom. The third-order valence-electron chi connectivity index (χ3n) is 4.61. The lowest BCUT2D eigenvalue weighted by molar-refractivity contribution is -0.137. The Morgan fingerprint density at radius 3 is 2.55 bits per heavy atom. The molecule has 5 heteroatoms. The molecule has 114 valence electrons. The predicted molar refractivity (Wildman–Crippen MR) is 76.5 cm³/mol. The van der Waals surface area contributed by atoms with Gasteiger partial charge in [-0.2, -0.15) is 0 Å². The summed E-state index contributed by atoms with van der Waals surface area (Å²) in [7, 11) is 0. The summed E-state index contributed by atoms with van der Waals surface area (Å²) in [5, 5.41) is 11.7. The van der Waals surface area contributed by atoms with Gasteiger partial charge < -0.3 is 15.3 Å². The molecule has 2 aliphatic rings. The van der Waals surface area contributed by atoms with Crippen molar-refractivity contribution in [2.45, 2.75) is 51.4 Å². The lowest BCUT2D eigenvalue weighted by Crippen LogP contribution is -2.40. The molecule has 1 unspecified atom stereocenters. The summed E-state index contributed by atoms with van der Waals surface area (Å²) in [4.78, 5) is 24.5. The van der Waals surface area contributed by atoms with Gasteiger partial charge in [-0.05, 0) is 37.5 Å². The molecule has 1 aliphatic carbocycles. The molecule has 0 bridgehead atoms. The van der Waals surface area contributed by atoms with Crippen molar-refractivity contribution in [3.8, 4) is 0 Å². The van der Waals surface area contributed by atoms with Crippen LogP contribution in [0.5, 0.6) is 0 Å². The third-order valence-corrected chi connectivity index (χ3v) is 4.61. The summed E-state index contributed by atoms with van der Waals surface area (Å²) in [6, 6.07) is 0.0356. The van der Waals surface area contributed by atoms with Crippen molar-refractivity contribution in [1.29, 1.82) is 0 Å². The average Bonchev–Trinajstić information content (AvgIpc) is 2.92. The molecule has 0 radical (unpaired) electrons. The molecule has 1 saturated heterocycles. The topological polar surface area (TPSA) is 69.6 Å². The third kappa shape index (κ3) is 4.69. The summed E-state index contributed by atoms with van der Waals surface area (Å²) in [5.41, 5.74) is 0. The molecule has 0 aromatic heterocycles. The Hall–Kier alpha value is -1.26. The monoisotopic (exact) mass is 282 g/mol. The van der Waals surface area contributed by atoms with Crippen molar-refractivity contribution >= 4 is 12.0 Å². The SMILES string of the molecule is O=C(O)CCC1CCN(C(=O)NCC2CCCCC2)C1. The van der Waals surface area contributed by atoms with E-state index in [2.05, 4.69) is 5.32 Å². The van der Waals surface area contributed by atoms with Gasteiger partial charge in [-0.3, -0.25) is 4.79 Å². The number of likely N-dealkylation sites (tertiary alicyclic amines) is 1. The largest absolute Gasteiger partial charge is 0.481 e. The van der Waals surface area contributed by atoms with Gasteiger partial charge in [0.1, 0.15) is 0 Å². The van der Waals surface area contributed by atoms with Crippen LogP contribution in [0.1, 0.15) is 51.4 Å². The first kappa shape index (κ1) is 15.1. The molecule has 20 heavy (non-hydrogen) atoms. The molecule has 0 aromatic carbocycles. The van der Waals surface area contributed by atoms with E-state index >= 15 is 0 Å². The Morgan fingerprint density at radius 2 is 1.85 bits per heavy atom. The molecule has 2 rings (SSSR count). The summed E-state index contributed by atoms with van der Waals surface area (Å²) in [6.07, 6.45) is 8.22. The first-order chi connectivity index (χ1) is 9.65. The Balaban J connectivity index is 1.64. The van der Waals surface area contributed by atoms with Crippen LogP contribution in [0.25, 0.3) is 0 Å². The minimum absolute atomic E-state index is 0.0356. The highest BCUT2D eigenvalue weighted by Crippen LogP contribution is 2.23. The van der Waals surface area contributed by atoms with Crippen LogP contribution >= 0.6 is 0 Å². The zero-order valence-corrected chi connectivity index (χ0v) is 12.1. The molecule has 1 atom stereocenters. The average molecular weight is 282 g/mol. The summed E-state index contributed by atoms with van der Waals surface area (Å²) in [5.74, 6) is 0.259. The maximum atomic E-state index is 12.1. The second-order valence-electron chi connectivity index (χ2n) is 6.22. The normalized spacial score (nSPS) is 23.8. The van der Waals surface area contributed by atoms with Gasteiger partial charge in [0.15, 0.2) is 0 Å². The van der Waals surface area contributed by atoms with Crippen molar-refractivity contribution < 1.29 is 14.7 Å². The van der Waals surface area contributed by atoms with Gasteiger partial charge in [-0.1, -0.05) is 19.3 Å². The summed E-state index contributed by atoms with van der Waals surface area (Å²) >= 11 is 0. The van der Waals surface area contributed by atoms with Crippen molar-refractivity contribution in [2.24, 2.45) is 11.8 Å². The minimum atomic E-state index is -0.745. The van der Waals surface area contributed by atoms with Gasteiger partial charge >= 0.3 is 12.0 Å².